The van der Waals surface area contributed by atoms with Gasteiger partial charge in [0.05, 0.1) is 12.2 Å². The lowest BCUT2D eigenvalue weighted by atomic mass is 10.1. The van der Waals surface area contributed by atoms with E-state index in [0.717, 1.165) is 31.5 Å². The van der Waals surface area contributed by atoms with Crippen LogP contribution < -0.4 is 11.1 Å². The standard InChI is InChI=1S/C15H29N5.HI/c1-6-13-12(14(7-2)20(5)19-13)10-18-15(16)17-9-8-11(3)4;/h11H,6-10H2,1-5H3,(H3,16,17,18);1H. The highest BCUT2D eigenvalue weighted by molar-refractivity contribution is 14.0. The molecule has 0 saturated carbocycles. The van der Waals surface area contributed by atoms with Gasteiger partial charge in [-0.05, 0) is 25.2 Å². The van der Waals surface area contributed by atoms with Gasteiger partial charge < -0.3 is 11.1 Å². The minimum absolute atomic E-state index is 0. The second-order valence-electron chi connectivity index (χ2n) is 5.51. The van der Waals surface area contributed by atoms with Crippen LogP contribution in [-0.4, -0.2) is 22.3 Å². The quantitative estimate of drug-likeness (QED) is 0.415. The van der Waals surface area contributed by atoms with Gasteiger partial charge in [0.2, 0.25) is 0 Å². The van der Waals surface area contributed by atoms with E-state index in [1.54, 1.807) is 0 Å². The fourth-order valence-corrected chi connectivity index (χ4v) is 2.28. The number of aryl methyl sites for hydroxylation is 2. The molecule has 6 heteroatoms. The Morgan fingerprint density at radius 3 is 2.52 bits per heavy atom. The van der Waals surface area contributed by atoms with Gasteiger partial charge in [-0.25, -0.2) is 4.99 Å². The average molecular weight is 407 g/mol. The Bertz CT molecular complexity index is 451. The molecule has 1 heterocycles. The topological polar surface area (TPSA) is 68.2 Å². The molecule has 0 atom stereocenters. The Labute approximate surface area is 145 Å². The van der Waals surface area contributed by atoms with Crippen LogP contribution in [0.1, 0.15) is 51.1 Å². The molecule has 5 nitrogen and oxygen atoms in total. The maximum atomic E-state index is 5.91. The van der Waals surface area contributed by atoms with Crippen LogP contribution in [0.5, 0.6) is 0 Å². The predicted molar refractivity (Wildman–Crippen MR) is 100 cm³/mol. The molecule has 21 heavy (non-hydrogen) atoms. The summed E-state index contributed by atoms with van der Waals surface area (Å²) in [6.45, 7) is 10.2. The number of hydrogen-bond acceptors (Lipinski definition) is 2. The van der Waals surface area contributed by atoms with E-state index in [1.165, 1.54) is 11.3 Å². The molecule has 0 bridgehead atoms. The van der Waals surface area contributed by atoms with Crippen molar-refractivity contribution < 1.29 is 0 Å². The van der Waals surface area contributed by atoms with Gasteiger partial charge in [-0.1, -0.05) is 27.7 Å². The molecule has 0 fully saturated rings. The van der Waals surface area contributed by atoms with Crippen LogP contribution in [0.2, 0.25) is 0 Å². The third kappa shape index (κ3) is 6.23. The molecule has 0 aliphatic heterocycles. The third-order valence-electron chi connectivity index (χ3n) is 3.46. The van der Waals surface area contributed by atoms with Gasteiger partial charge in [-0.15, -0.1) is 24.0 Å². The van der Waals surface area contributed by atoms with Crippen molar-refractivity contribution >= 4 is 29.9 Å². The highest BCUT2D eigenvalue weighted by atomic mass is 127. The SMILES string of the molecule is CCc1nn(C)c(CC)c1CN=C(N)NCCC(C)C.I. The zero-order valence-corrected chi connectivity index (χ0v) is 16.3. The van der Waals surface area contributed by atoms with Crippen LogP contribution in [0.3, 0.4) is 0 Å². The van der Waals surface area contributed by atoms with Crippen LogP contribution in [-0.2, 0) is 26.4 Å². The average Bonchev–Trinajstić information content (AvgIpc) is 2.71. The van der Waals surface area contributed by atoms with Crippen LogP contribution >= 0.6 is 24.0 Å². The van der Waals surface area contributed by atoms with Crippen LogP contribution in [0.15, 0.2) is 4.99 Å². The number of nitrogens with one attached hydrogen (secondary N) is 1. The van der Waals surface area contributed by atoms with E-state index in [1.807, 2.05) is 11.7 Å². The number of halogens is 1. The fraction of sp³-hybridized carbons (Fsp3) is 0.733. The smallest absolute Gasteiger partial charge is 0.188 e. The fourth-order valence-electron chi connectivity index (χ4n) is 2.28. The Balaban J connectivity index is 0.00000400. The number of guanidine groups is 1. The van der Waals surface area contributed by atoms with Crippen LogP contribution in [0.25, 0.3) is 0 Å². The van der Waals surface area contributed by atoms with E-state index in [0.29, 0.717) is 18.4 Å². The number of aliphatic imine (C=N–C) groups is 1. The van der Waals surface area contributed by atoms with E-state index >= 15 is 0 Å². The zero-order valence-electron chi connectivity index (χ0n) is 13.9. The molecule has 3 N–H and O–H groups in total. The summed E-state index contributed by atoms with van der Waals surface area (Å²) >= 11 is 0. The molecule has 0 amide bonds. The van der Waals surface area contributed by atoms with E-state index < -0.39 is 0 Å². The third-order valence-corrected chi connectivity index (χ3v) is 3.46. The highest BCUT2D eigenvalue weighted by Crippen LogP contribution is 2.16. The molecule has 0 saturated heterocycles. The summed E-state index contributed by atoms with van der Waals surface area (Å²) in [6, 6.07) is 0. The summed E-state index contributed by atoms with van der Waals surface area (Å²) in [5.74, 6) is 1.20. The Kier molecular flexibility index (Phi) is 9.65. The molecule has 0 aliphatic carbocycles. The van der Waals surface area contributed by atoms with Crippen molar-refractivity contribution in [2.75, 3.05) is 6.54 Å². The molecule has 0 unspecified atom stereocenters. The van der Waals surface area contributed by atoms with Gasteiger partial charge >= 0.3 is 0 Å². The van der Waals surface area contributed by atoms with Gasteiger partial charge in [0.25, 0.3) is 0 Å². The van der Waals surface area contributed by atoms with Gasteiger partial charge in [0.1, 0.15) is 0 Å². The second-order valence-corrected chi connectivity index (χ2v) is 5.51. The number of nitrogens with zero attached hydrogens (tertiary/aromatic N) is 3. The van der Waals surface area contributed by atoms with Crippen molar-refractivity contribution in [1.82, 2.24) is 15.1 Å². The molecule has 1 aromatic heterocycles. The zero-order chi connectivity index (χ0) is 15.1. The molecule has 122 valence electrons. The number of nitrogens with two attached hydrogens (primary N) is 1. The lowest BCUT2D eigenvalue weighted by molar-refractivity contribution is 0.576. The Morgan fingerprint density at radius 1 is 1.33 bits per heavy atom. The van der Waals surface area contributed by atoms with Gasteiger partial charge in [-0.3, -0.25) is 4.68 Å². The van der Waals surface area contributed by atoms with E-state index in [-0.39, 0.29) is 24.0 Å². The van der Waals surface area contributed by atoms with Crippen molar-refractivity contribution in [3.63, 3.8) is 0 Å². The number of hydrogen-bond donors (Lipinski definition) is 2. The highest BCUT2D eigenvalue weighted by Gasteiger charge is 2.12. The van der Waals surface area contributed by atoms with Crippen molar-refractivity contribution in [3.05, 3.63) is 17.0 Å². The maximum Gasteiger partial charge on any atom is 0.188 e. The van der Waals surface area contributed by atoms with Gasteiger partial charge in [-0.2, -0.15) is 5.10 Å². The van der Waals surface area contributed by atoms with E-state index in [9.17, 15) is 0 Å². The van der Waals surface area contributed by atoms with Crippen molar-refractivity contribution in [2.24, 2.45) is 23.7 Å². The minimum atomic E-state index is 0. The maximum absolute atomic E-state index is 5.91. The Morgan fingerprint density at radius 2 is 2.00 bits per heavy atom. The lowest BCUT2D eigenvalue weighted by Crippen LogP contribution is -2.32. The monoisotopic (exact) mass is 407 g/mol. The van der Waals surface area contributed by atoms with Gasteiger partial charge in [0.15, 0.2) is 5.96 Å². The molecule has 0 radical (unpaired) electrons. The molecular formula is C15H30IN5. The molecule has 0 aliphatic rings. The van der Waals surface area contributed by atoms with Crippen LogP contribution in [0.4, 0.5) is 0 Å². The molecule has 0 aromatic carbocycles. The van der Waals surface area contributed by atoms with Crippen LogP contribution in [0, 0.1) is 5.92 Å². The van der Waals surface area contributed by atoms with E-state index in [4.69, 9.17) is 5.73 Å². The van der Waals surface area contributed by atoms with Crippen molar-refractivity contribution in [1.29, 1.82) is 0 Å². The van der Waals surface area contributed by atoms with Crippen molar-refractivity contribution in [3.8, 4) is 0 Å². The first-order valence-corrected chi connectivity index (χ1v) is 7.56. The molecule has 1 rings (SSSR count). The summed E-state index contributed by atoms with van der Waals surface area (Å²) in [7, 11) is 2.00. The number of rotatable bonds is 7. The minimum Gasteiger partial charge on any atom is -0.370 e. The first kappa shape index (κ1) is 20.2. The van der Waals surface area contributed by atoms with Gasteiger partial charge in [0, 0.05) is 24.8 Å². The summed E-state index contributed by atoms with van der Waals surface area (Å²) in [5, 5.41) is 7.72. The summed E-state index contributed by atoms with van der Waals surface area (Å²) in [5.41, 5.74) is 9.52. The second kappa shape index (κ2) is 10.0. The van der Waals surface area contributed by atoms with Crippen molar-refractivity contribution in [2.45, 2.75) is 53.5 Å². The normalized spacial score (nSPS) is 11.6. The predicted octanol–water partition coefficient (Wildman–Crippen LogP) is 2.61. The Hall–Kier alpha value is -0.790. The molecular weight excluding hydrogens is 377 g/mol. The largest absolute Gasteiger partial charge is 0.370 e. The first-order valence-electron chi connectivity index (χ1n) is 7.56. The molecule has 1 aromatic rings. The number of aromatic nitrogens is 2. The summed E-state index contributed by atoms with van der Waals surface area (Å²) < 4.78 is 1.96. The summed E-state index contributed by atoms with van der Waals surface area (Å²) in [4.78, 5) is 4.45. The lowest BCUT2D eigenvalue weighted by Gasteiger charge is -2.08. The summed E-state index contributed by atoms with van der Waals surface area (Å²) in [6.07, 6.45) is 3.00. The first-order chi connectivity index (χ1) is 9.49. The molecule has 0 spiro atoms. The van der Waals surface area contributed by atoms with E-state index in [2.05, 4.69) is 43.1 Å².